The molecule has 1 aliphatic heterocycles. The van der Waals surface area contributed by atoms with Gasteiger partial charge in [0.05, 0.1) is 29.2 Å². The number of nitrogens with zero attached hydrogens (tertiary/aromatic N) is 4. The van der Waals surface area contributed by atoms with Crippen LogP contribution in [0.3, 0.4) is 0 Å². The van der Waals surface area contributed by atoms with Crippen molar-refractivity contribution < 1.29 is 17.6 Å². The van der Waals surface area contributed by atoms with E-state index in [2.05, 4.69) is 22.0 Å². The molecule has 31 heavy (non-hydrogen) atoms. The van der Waals surface area contributed by atoms with E-state index in [9.17, 15) is 17.6 Å². The third-order valence-electron chi connectivity index (χ3n) is 5.59. The molecule has 9 heteroatoms. The summed E-state index contributed by atoms with van der Waals surface area (Å²) < 4.78 is 56.8. The van der Waals surface area contributed by atoms with E-state index in [1.807, 2.05) is 11.9 Å². The SMILES string of the molecule is C=C(c1nc(-c2cnn(C)c2)cc2c(N[C@@H]3CCN(C)C[C@@H]3F)cccc12)C(F)(F)F. The first-order valence-electron chi connectivity index (χ1n) is 9.92. The lowest BCUT2D eigenvalue weighted by molar-refractivity contribution is -0.0688. The zero-order valence-electron chi connectivity index (χ0n) is 17.2. The number of anilines is 1. The fourth-order valence-electron chi connectivity index (χ4n) is 3.89. The van der Waals surface area contributed by atoms with Crippen LogP contribution in [0.1, 0.15) is 12.1 Å². The maximum Gasteiger partial charge on any atom is 0.417 e. The summed E-state index contributed by atoms with van der Waals surface area (Å²) in [4.78, 5) is 6.20. The Hall–Kier alpha value is -2.94. The van der Waals surface area contributed by atoms with Crippen molar-refractivity contribution >= 4 is 22.0 Å². The Balaban J connectivity index is 1.85. The molecule has 5 nitrogen and oxygen atoms in total. The molecule has 0 bridgehead atoms. The second kappa shape index (κ2) is 7.96. The molecule has 1 N–H and O–H groups in total. The molecule has 0 aliphatic carbocycles. The molecule has 1 aromatic carbocycles. The Labute approximate surface area is 177 Å². The van der Waals surface area contributed by atoms with Crippen LogP contribution in [0.2, 0.25) is 0 Å². The van der Waals surface area contributed by atoms with Crippen molar-refractivity contribution in [2.24, 2.45) is 7.05 Å². The van der Waals surface area contributed by atoms with Crippen molar-refractivity contribution in [1.82, 2.24) is 19.7 Å². The van der Waals surface area contributed by atoms with Crippen molar-refractivity contribution in [1.29, 1.82) is 0 Å². The lowest BCUT2D eigenvalue weighted by atomic mass is 9.99. The third-order valence-corrected chi connectivity index (χ3v) is 5.59. The van der Waals surface area contributed by atoms with Crippen molar-refractivity contribution in [3.63, 3.8) is 0 Å². The van der Waals surface area contributed by atoms with E-state index >= 15 is 0 Å². The number of hydrogen-bond donors (Lipinski definition) is 1. The van der Waals surface area contributed by atoms with Crippen LogP contribution in [-0.2, 0) is 7.05 Å². The van der Waals surface area contributed by atoms with E-state index < -0.39 is 24.0 Å². The summed E-state index contributed by atoms with van der Waals surface area (Å²) in [7, 11) is 3.58. The standard InChI is InChI=1S/C22H23F4N5/c1-13(22(24,25)26)21-15-5-4-6-18(28-19-7-8-30(2)12-17(19)23)16(15)9-20(29-21)14-10-27-31(3)11-14/h4-6,9-11,17,19,28H,1,7-8,12H2,2-3H3/t17-,19+/m0/s1. The Bertz CT molecular complexity index is 1120. The van der Waals surface area contributed by atoms with Gasteiger partial charge in [0.15, 0.2) is 0 Å². The van der Waals surface area contributed by atoms with Crippen molar-refractivity contribution in [3.05, 3.63) is 48.9 Å². The number of piperidine rings is 1. The van der Waals surface area contributed by atoms with Gasteiger partial charge in [-0.05, 0) is 25.6 Å². The number of aromatic nitrogens is 3. The largest absolute Gasteiger partial charge is 0.417 e. The van der Waals surface area contributed by atoms with Gasteiger partial charge in [0, 0.05) is 48.4 Å². The van der Waals surface area contributed by atoms with Gasteiger partial charge in [-0.25, -0.2) is 9.37 Å². The number of halogens is 4. The molecule has 3 heterocycles. The highest BCUT2D eigenvalue weighted by atomic mass is 19.4. The summed E-state index contributed by atoms with van der Waals surface area (Å²) >= 11 is 0. The maximum absolute atomic E-state index is 14.6. The molecule has 164 valence electrons. The molecule has 0 spiro atoms. The lowest BCUT2D eigenvalue weighted by Crippen LogP contribution is -2.46. The quantitative estimate of drug-likeness (QED) is 0.608. The van der Waals surface area contributed by atoms with Crippen LogP contribution in [0.4, 0.5) is 23.2 Å². The minimum Gasteiger partial charge on any atom is -0.379 e. The van der Waals surface area contributed by atoms with Gasteiger partial charge in [-0.3, -0.25) is 4.68 Å². The molecular formula is C22H23F4N5. The molecule has 1 aliphatic rings. The zero-order chi connectivity index (χ0) is 22.3. The van der Waals surface area contributed by atoms with Crippen LogP contribution < -0.4 is 5.32 Å². The summed E-state index contributed by atoms with van der Waals surface area (Å²) in [5, 5.41) is 8.15. The topological polar surface area (TPSA) is 46.0 Å². The summed E-state index contributed by atoms with van der Waals surface area (Å²) in [5.41, 5.74) is 0.225. The molecule has 1 saturated heterocycles. The Kier molecular flexibility index (Phi) is 5.47. The average molecular weight is 433 g/mol. The van der Waals surface area contributed by atoms with Gasteiger partial charge in [-0.15, -0.1) is 0 Å². The van der Waals surface area contributed by atoms with Crippen LogP contribution in [0.25, 0.3) is 27.6 Å². The lowest BCUT2D eigenvalue weighted by Gasteiger charge is -2.33. The molecule has 3 aromatic rings. The van der Waals surface area contributed by atoms with Gasteiger partial charge in [0.1, 0.15) is 6.17 Å². The number of pyridine rings is 1. The second-order valence-corrected chi connectivity index (χ2v) is 7.95. The van der Waals surface area contributed by atoms with Crippen molar-refractivity contribution in [3.8, 4) is 11.3 Å². The summed E-state index contributed by atoms with van der Waals surface area (Å²) in [6, 6.07) is 6.26. The number of likely N-dealkylation sites (tertiary alicyclic amines) is 1. The number of benzene rings is 1. The second-order valence-electron chi connectivity index (χ2n) is 7.95. The van der Waals surface area contributed by atoms with Gasteiger partial charge in [-0.2, -0.15) is 18.3 Å². The van der Waals surface area contributed by atoms with Gasteiger partial charge in [0.2, 0.25) is 0 Å². The smallest absolute Gasteiger partial charge is 0.379 e. The average Bonchev–Trinajstić information content (AvgIpc) is 3.14. The Morgan fingerprint density at radius 2 is 2.00 bits per heavy atom. The first-order chi connectivity index (χ1) is 14.6. The summed E-state index contributed by atoms with van der Waals surface area (Å²) in [6.07, 6.45) is -1.90. The van der Waals surface area contributed by atoms with Crippen molar-refractivity contribution in [2.75, 3.05) is 25.5 Å². The number of allylic oxidation sites excluding steroid dienone is 1. The normalized spacial score (nSPS) is 20.2. The van der Waals surface area contributed by atoms with E-state index in [1.54, 1.807) is 48.4 Å². The molecule has 4 rings (SSSR count). The number of aryl methyl sites for hydroxylation is 1. The first-order valence-corrected chi connectivity index (χ1v) is 9.92. The minimum atomic E-state index is -4.63. The first kappa shape index (κ1) is 21.3. The van der Waals surface area contributed by atoms with Crippen LogP contribution in [-0.4, -0.2) is 58.2 Å². The van der Waals surface area contributed by atoms with Crippen LogP contribution in [0, 0.1) is 0 Å². The number of nitrogens with one attached hydrogen (secondary N) is 1. The molecule has 1 fully saturated rings. The molecule has 0 unspecified atom stereocenters. The van der Waals surface area contributed by atoms with E-state index in [-0.39, 0.29) is 5.69 Å². The Morgan fingerprint density at radius 3 is 2.65 bits per heavy atom. The van der Waals surface area contributed by atoms with Crippen LogP contribution in [0.15, 0.2) is 43.2 Å². The van der Waals surface area contributed by atoms with Gasteiger partial charge < -0.3 is 10.2 Å². The predicted octanol–water partition coefficient (Wildman–Crippen LogP) is 4.66. The van der Waals surface area contributed by atoms with E-state index in [1.165, 1.54) is 0 Å². The van der Waals surface area contributed by atoms with Gasteiger partial charge >= 0.3 is 6.18 Å². The number of hydrogen-bond acceptors (Lipinski definition) is 4. The molecule has 0 saturated carbocycles. The maximum atomic E-state index is 14.6. The molecule has 2 atom stereocenters. The predicted molar refractivity (Wildman–Crippen MR) is 113 cm³/mol. The number of rotatable bonds is 4. The van der Waals surface area contributed by atoms with Crippen LogP contribution >= 0.6 is 0 Å². The molecule has 0 amide bonds. The highest BCUT2D eigenvalue weighted by Gasteiger charge is 2.35. The third kappa shape index (κ3) is 4.27. The molecule has 0 radical (unpaired) electrons. The summed E-state index contributed by atoms with van der Waals surface area (Å²) in [6.45, 7) is 4.30. The highest BCUT2D eigenvalue weighted by molar-refractivity contribution is 6.01. The monoisotopic (exact) mass is 433 g/mol. The van der Waals surface area contributed by atoms with Gasteiger partial charge in [-0.1, -0.05) is 18.7 Å². The number of fused-ring (bicyclic) bond motifs is 1. The van der Waals surface area contributed by atoms with Crippen molar-refractivity contribution in [2.45, 2.75) is 24.8 Å². The van der Waals surface area contributed by atoms with Gasteiger partial charge in [0.25, 0.3) is 0 Å². The van der Waals surface area contributed by atoms with E-state index in [4.69, 9.17) is 0 Å². The number of alkyl halides is 4. The van der Waals surface area contributed by atoms with E-state index in [0.717, 1.165) is 6.54 Å². The fourth-order valence-corrected chi connectivity index (χ4v) is 3.89. The zero-order valence-corrected chi connectivity index (χ0v) is 17.2. The molecule has 2 aromatic heterocycles. The summed E-state index contributed by atoms with van der Waals surface area (Å²) in [5.74, 6) is 0. The highest BCUT2D eigenvalue weighted by Crippen LogP contribution is 2.38. The minimum absolute atomic E-state index is 0.243. The van der Waals surface area contributed by atoms with Crippen LogP contribution in [0.5, 0.6) is 0 Å². The molecular weight excluding hydrogens is 410 g/mol. The van der Waals surface area contributed by atoms with E-state index in [0.29, 0.717) is 40.7 Å². The fraction of sp³-hybridized carbons (Fsp3) is 0.364. The Morgan fingerprint density at radius 1 is 1.23 bits per heavy atom.